The molecule has 2 amide bonds. The highest BCUT2D eigenvalue weighted by Gasteiger charge is 2.35. The number of nitrogens with one attached hydrogen (secondary N) is 1. The van der Waals surface area contributed by atoms with Crippen LogP contribution in [0.2, 0.25) is 0 Å². The third-order valence-electron chi connectivity index (χ3n) is 3.20. The second kappa shape index (κ2) is 5.73. The van der Waals surface area contributed by atoms with E-state index in [1.165, 1.54) is 0 Å². The average molecular weight is 262 g/mol. The number of carbonyl (C=O) groups excluding carboxylic acids is 2. The van der Waals surface area contributed by atoms with Crippen LogP contribution < -0.4 is 15.0 Å². The van der Waals surface area contributed by atoms with Gasteiger partial charge in [-0.05, 0) is 19.1 Å². The van der Waals surface area contributed by atoms with Crippen LogP contribution in [0.4, 0.5) is 5.69 Å². The Balaban J connectivity index is 2.23. The quantitative estimate of drug-likeness (QED) is 0.886. The third-order valence-corrected chi connectivity index (χ3v) is 3.20. The van der Waals surface area contributed by atoms with Gasteiger partial charge in [0.05, 0.1) is 18.2 Å². The maximum Gasteiger partial charge on any atom is 0.227 e. The van der Waals surface area contributed by atoms with Gasteiger partial charge >= 0.3 is 0 Å². The highest BCUT2D eigenvalue weighted by atomic mass is 16.5. The van der Waals surface area contributed by atoms with E-state index in [1.807, 2.05) is 31.2 Å². The Morgan fingerprint density at radius 2 is 2.21 bits per heavy atom. The molecule has 0 aliphatic carbocycles. The normalized spacial score (nSPS) is 18.5. The molecule has 1 atom stereocenters. The number of nitrogens with zero attached hydrogens (tertiary/aromatic N) is 1. The lowest BCUT2D eigenvalue weighted by Crippen LogP contribution is -2.30. The maximum absolute atomic E-state index is 12.1. The highest BCUT2D eigenvalue weighted by molar-refractivity contribution is 6.01. The van der Waals surface area contributed by atoms with Gasteiger partial charge in [0.25, 0.3) is 0 Å². The van der Waals surface area contributed by atoms with Crippen LogP contribution in [0.5, 0.6) is 5.75 Å². The zero-order valence-corrected chi connectivity index (χ0v) is 11.2. The molecule has 1 fully saturated rings. The maximum atomic E-state index is 12.1. The van der Waals surface area contributed by atoms with Crippen LogP contribution in [0.25, 0.3) is 0 Å². The minimum atomic E-state index is -0.285. The molecule has 102 valence electrons. The molecule has 19 heavy (non-hydrogen) atoms. The summed E-state index contributed by atoms with van der Waals surface area (Å²) in [6.45, 7) is 2.84. The molecule has 1 heterocycles. The Hall–Kier alpha value is -2.04. The molecule has 0 spiro atoms. The number of amides is 2. The van der Waals surface area contributed by atoms with Crippen LogP contribution in [0.1, 0.15) is 13.3 Å². The van der Waals surface area contributed by atoms with Crippen molar-refractivity contribution in [2.45, 2.75) is 13.3 Å². The van der Waals surface area contributed by atoms with E-state index in [4.69, 9.17) is 4.74 Å². The van der Waals surface area contributed by atoms with Crippen molar-refractivity contribution in [3.05, 3.63) is 24.3 Å². The highest BCUT2D eigenvalue weighted by Crippen LogP contribution is 2.32. The fourth-order valence-corrected chi connectivity index (χ4v) is 2.28. The number of carbonyl (C=O) groups is 2. The van der Waals surface area contributed by atoms with E-state index in [0.717, 1.165) is 5.69 Å². The summed E-state index contributed by atoms with van der Waals surface area (Å²) in [5, 5.41) is 2.59. The van der Waals surface area contributed by atoms with E-state index < -0.39 is 0 Å². The number of hydrogen-bond donors (Lipinski definition) is 1. The summed E-state index contributed by atoms with van der Waals surface area (Å²) in [5.41, 5.74) is 0.737. The van der Waals surface area contributed by atoms with Gasteiger partial charge in [0.15, 0.2) is 0 Å². The number of ether oxygens (including phenoxy) is 1. The fraction of sp³-hybridized carbons (Fsp3) is 0.429. The van der Waals surface area contributed by atoms with Crippen molar-refractivity contribution in [3.63, 3.8) is 0 Å². The third kappa shape index (κ3) is 2.70. The summed E-state index contributed by atoms with van der Waals surface area (Å²) < 4.78 is 5.53. The monoisotopic (exact) mass is 262 g/mol. The van der Waals surface area contributed by atoms with Crippen LogP contribution in [0.15, 0.2) is 24.3 Å². The van der Waals surface area contributed by atoms with Crippen molar-refractivity contribution >= 4 is 17.5 Å². The molecular formula is C14H18N2O3. The molecule has 1 N–H and O–H groups in total. The van der Waals surface area contributed by atoms with Gasteiger partial charge in [-0.3, -0.25) is 9.59 Å². The zero-order valence-electron chi connectivity index (χ0n) is 11.2. The number of hydrogen-bond acceptors (Lipinski definition) is 3. The molecule has 1 aliphatic heterocycles. The van der Waals surface area contributed by atoms with Crippen LogP contribution in [0, 0.1) is 5.92 Å². The zero-order chi connectivity index (χ0) is 13.8. The summed E-state index contributed by atoms with van der Waals surface area (Å²) >= 11 is 0. The Bertz CT molecular complexity index is 487. The van der Waals surface area contributed by atoms with Gasteiger partial charge in [-0.1, -0.05) is 12.1 Å². The first kappa shape index (κ1) is 13.4. The molecule has 5 nitrogen and oxygen atoms in total. The van der Waals surface area contributed by atoms with E-state index in [9.17, 15) is 9.59 Å². The van der Waals surface area contributed by atoms with E-state index in [-0.39, 0.29) is 24.2 Å². The van der Waals surface area contributed by atoms with Crippen LogP contribution in [-0.4, -0.2) is 32.0 Å². The molecule has 0 radical (unpaired) electrons. The minimum Gasteiger partial charge on any atom is -0.492 e. The Labute approximate surface area is 112 Å². The number of rotatable bonds is 4. The molecule has 1 aliphatic rings. The van der Waals surface area contributed by atoms with Crippen LogP contribution >= 0.6 is 0 Å². The molecule has 0 unspecified atom stereocenters. The number of para-hydroxylation sites is 2. The topological polar surface area (TPSA) is 58.6 Å². The molecule has 2 rings (SSSR count). The van der Waals surface area contributed by atoms with Gasteiger partial charge < -0.3 is 15.0 Å². The van der Waals surface area contributed by atoms with Crippen molar-refractivity contribution in [2.75, 3.05) is 25.1 Å². The number of anilines is 1. The van der Waals surface area contributed by atoms with Crippen molar-refractivity contribution in [2.24, 2.45) is 5.92 Å². The van der Waals surface area contributed by atoms with Gasteiger partial charge in [-0.25, -0.2) is 0 Å². The summed E-state index contributed by atoms with van der Waals surface area (Å²) in [6, 6.07) is 7.40. The first-order valence-electron chi connectivity index (χ1n) is 6.41. The average Bonchev–Trinajstić information content (AvgIpc) is 2.81. The lowest BCUT2D eigenvalue weighted by Gasteiger charge is -2.19. The van der Waals surface area contributed by atoms with Crippen molar-refractivity contribution in [3.8, 4) is 5.75 Å². The fourth-order valence-electron chi connectivity index (χ4n) is 2.28. The summed E-state index contributed by atoms with van der Waals surface area (Å²) in [5.74, 6) is 0.258. The first-order valence-corrected chi connectivity index (χ1v) is 6.41. The molecule has 1 saturated heterocycles. The smallest absolute Gasteiger partial charge is 0.227 e. The SMILES string of the molecule is CCOc1ccccc1N1C[C@@H](C(=O)NC)CC1=O. The van der Waals surface area contributed by atoms with Crippen molar-refractivity contribution < 1.29 is 14.3 Å². The van der Waals surface area contributed by atoms with Gasteiger partial charge in [0, 0.05) is 20.0 Å². The molecule has 1 aromatic rings. The molecule has 1 aromatic carbocycles. The van der Waals surface area contributed by atoms with E-state index in [1.54, 1.807) is 11.9 Å². The van der Waals surface area contributed by atoms with Gasteiger partial charge in [-0.2, -0.15) is 0 Å². The Kier molecular flexibility index (Phi) is 4.04. The van der Waals surface area contributed by atoms with E-state index in [2.05, 4.69) is 5.32 Å². The predicted octanol–water partition coefficient (Wildman–Crippen LogP) is 1.18. The minimum absolute atomic E-state index is 0.0410. The van der Waals surface area contributed by atoms with E-state index in [0.29, 0.717) is 18.9 Å². The standard InChI is InChI=1S/C14H18N2O3/c1-3-19-12-7-5-4-6-11(12)16-9-10(8-13(16)17)14(18)15-2/h4-7,10H,3,8-9H2,1-2H3,(H,15,18)/t10-/m0/s1. The van der Waals surface area contributed by atoms with Crippen molar-refractivity contribution in [1.29, 1.82) is 0 Å². The summed E-state index contributed by atoms with van der Waals surface area (Å²) in [6.07, 6.45) is 0.250. The van der Waals surface area contributed by atoms with E-state index >= 15 is 0 Å². The van der Waals surface area contributed by atoms with Crippen LogP contribution in [0.3, 0.4) is 0 Å². The largest absolute Gasteiger partial charge is 0.492 e. The lowest BCUT2D eigenvalue weighted by atomic mass is 10.1. The second-order valence-corrected chi connectivity index (χ2v) is 4.42. The molecule has 0 saturated carbocycles. The summed E-state index contributed by atoms with van der Waals surface area (Å²) in [7, 11) is 1.59. The van der Waals surface area contributed by atoms with Crippen LogP contribution in [-0.2, 0) is 9.59 Å². The van der Waals surface area contributed by atoms with Gasteiger partial charge in [0.1, 0.15) is 5.75 Å². The predicted molar refractivity (Wildman–Crippen MR) is 72.1 cm³/mol. The molecule has 5 heteroatoms. The van der Waals surface area contributed by atoms with Gasteiger partial charge in [-0.15, -0.1) is 0 Å². The summed E-state index contributed by atoms with van der Waals surface area (Å²) in [4.78, 5) is 25.3. The second-order valence-electron chi connectivity index (χ2n) is 4.42. The molecule has 0 aromatic heterocycles. The molecular weight excluding hydrogens is 244 g/mol. The molecule has 0 bridgehead atoms. The first-order chi connectivity index (χ1) is 9.17. The van der Waals surface area contributed by atoms with Gasteiger partial charge in [0.2, 0.25) is 11.8 Å². The van der Waals surface area contributed by atoms with Crippen molar-refractivity contribution in [1.82, 2.24) is 5.32 Å². The number of benzene rings is 1. The Morgan fingerprint density at radius 1 is 1.47 bits per heavy atom. The Morgan fingerprint density at radius 3 is 2.89 bits per heavy atom. The lowest BCUT2D eigenvalue weighted by molar-refractivity contribution is -0.125.